The Bertz CT molecular complexity index is 1080. The lowest BCUT2D eigenvalue weighted by molar-refractivity contribution is 0.938. The zero-order chi connectivity index (χ0) is 18.3. The second-order valence-electron chi connectivity index (χ2n) is 6.23. The molecule has 0 radical (unpaired) electrons. The second kappa shape index (κ2) is 6.63. The van der Waals surface area contributed by atoms with Gasteiger partial charge in [-0.1, -0.05) is 53.0 Å². The van der Waals surface area contributed by atoms with Gasteiger partial charge in [-0.2, -0.15) is 9.61 Å². The number of halogens is 2. The van der Waals surface area contributed by atoms with E-state index < -0.39 is 0 Å². The highest BCUT2D eigenvalue weighted by molar-refractivity contribution is 6.35. The van der Waals surface area contributed by atoms with Crippen LogP contribution in [0.5, 0.6) is 0 Å². The molecule has 0 atom stereocenters. The molecule has 130 valence electrons. The van der Waals surface area contributed by atoms with Crippen molar-refractivity contribution in [2.45, 2.75) is 13.8 Å². The molecule has 0 bridgehead atoms. The first kappa shape index (κ1) is 16.9. The SMILES string of the molecule is Cc1ccc(-c2cnn3c(Nc4cc(Cl)cc(Cl)c4)cc(C)nc23)cc1. The van der Waals surface area contributed by atoms with Gasteiger partial charge in [-0.15, -0.1) is 0 Å². The van der Waals surface area contributed by atoms with Crippen molar-refractivity contribution in [2.75, 3.05) is 5.32 Å². The Labute approximate surface area is 161 Å². The molecule has 0 saturated heterocycles. The average molecular weight is 383 g/mol. The van der Waals surface area contributed by atoms with Crippen molar-refractivity contribution >= 4 is 40.4 Å². The summed E-state index contributed by atoms with van der Waals surface area (Å²) in [6.07, 6.45) is 1.84. The van der Waals surface area contributed by atoms with Gasteiger partial charge in [0.15, 0.2) is 5.65 Å². The van der Waals surface area contributed by atoms with Crippen LogP contribution >= 0.6 is 23.2 Å². The minimum Gasteiger partial charge on any atom is -0.340 e. The fourth-order valence-electron chi connectivity index (χ4n) is 2.88. The zero-order valence-corrected chi connectivity index (χ0v) is 15.8. The summed E-state index contributed by atoms with van der Waals surface area (Å²) < 4.78 is 1.79. The molecule has 0 fully saturated rings. The van der Waals surface area contributed by atoms with E-state index in [2.05, 4.69) is 46.6 Å². The topological polar surface area (TPSA) is 42.2 Å². The molecule has 4 nitrogen and oxygen atoms in total. The van der Waals surface area contributed by atoms with E-state index >= 15 is 0 Å². The summed E-state index contributed by atoms with van der Waals surface area (Å²) >= 11 is 12.2. The molecule has 1 N–H and O–H groups in total. The van der Waals surface area contributed by atoms with Crippen LogP contribution in [-0.4, -0.2) is 14.6 Å². The Morgan fingerprint density at radius 1 is 0.923 bits per heavy atom. The monoisotopic (exact) mass is 382 g/mol. The highest BCUT2D eigenvalue weighted by Gasteiger charge is 2.12. The summed E-state index contributed by atoms with van der Waals surface area (Å²) in [6.45, 7) is 4.03. The number of benzene rings is 2. The number of hydrogen-bond acceptors (Lipinski definition) is 3. The summed E-state index contributed by atoms with van der Waals surface area (Å²) in [5, 5.41) is 9.00. The Hall–Kier alpha value is -2.56. The predicted octanol–water partition coefficient (Wildman–Crippen LogP) is 6.06. The third-order valence-corrected chi connectivity index (χ3v) is 4.53. The molecule has 0 amide bonds. The lowest BCUT2D eigenvalue weighted by Gasteiger charge is -2.10. The summed E-state index contributed by atoms with van der Waals surface area (Å²) in [6, 6.07) is 15.6. The van der Waals surface area contributed by atoms with Crippen molar-refractivity contribution in [3.63, 3.8) is 0 Å². The fourth-order valence-corrected chi connectivity index (χ4v) is 3.41. The molecule has 4 rings (SSSR count). The van der Waals surface area contributed by atoms with E-state index in [1.54, 1.807) is 10.6 Å². The quantitative estimate of drug-likeness (QED) is 0.467. The number of fused-ring (bicyclic) bond motifs is 1. The number of nitrogens with zero attached hydrogens (tertiary/aromatic N) is 3. The standard InChI is InChI=1S/C20H16Cl2N4/c1-12-3-5-14(6-4-12)18-11-23-26-19(7-13(2)24-20(18)26)25-17-9-15(21)8-16(22)10-17/h3-11,25H,1-2H3. The Kier molecular flexibility index (Phi) is 4.31. The van der Waals surface area contributed by atoms with E-state index in [1.807, 2.05) is 31.3 Å². The summed E-state index contributed by atoms with van der Waals surface area (Å²) in [5.41, 5.74) is 5.77. The van der Waals surface area contributed by atoms with Crippen LogP contribution in [0.2, 0.25) is 10.0 Å². The third kappa shape index (κ3) is 3.26. The van der Waals surface area contributed by atoms with Crippen LogP contribution in [0.1, 0.15) is 11.3 Å². The van der Waals surface area contributed by atoms with Crippen LogP contribution < -0.4 is 5.32 Å². The first-order chi connectivity index (χ1) is 12.5. The molecule has 0 saturated carbocycles. The molecular formula is C20H16Cl2N4. The minimum atomic E-state index is 0.572. The van der Waals surface area contributed by atoms with Crippen LogP contribution in [0.3, 0.4) is 0 Å². The van der Waals surface area contributed by atoms with Crippen LogP contribution in [-0.2, 0) is 0 Å². The van der Waals surface area contributed by atoms with Gasteiger partial charge in [0, 0.05) is 33.1 Å². The molecule has 6 heteroatoms. The number of hydrogen-bond donors (Lipinski definition) is 1. The molecule has 2 heterocycles. The Morgan fingerprint density at radius 2 is 1.62 bits per heavy atom. The van der Waals surface area contributed by atoms with Gasteiger partial charge in [-0.25, -0.2) is 4.98 Å². The fraction of sp³-hybridized carbons (Fsp3) is 0.100. The molecule has 0 spiro atoms. The van der Waals surface area contributed by atoms with Crippen LogP contribution in [0, 0.1) is 13.8 Å². The van der Waals surface area contributed by atoms with E-state index in [0.29, 0.717) is 10.0 Å². The van der Waals surface area contributed by atoms with Gasteiger partial charge < -0.3 is 5.32 Å². The van der Waals surface area contributed by atoms with E-state index in [1.165, 1.54) is 5.56 Å². The van der Waals surface area contributed by atoms with E-state index in [4.69, 9.17) is 23.2 Å². The van der Waals surface area contributed by atoms with Gasteiger partial charge >= 0.3 is 0 Å². The van der Waals surface area contributed by atoms with Crippen LogP contribution in [0.15, 0.2) is 54.7 Å². The van der Waals surface area contributed by atoms with Gasteiger partial charge in [0.1, 0.15) is 5.82 Å². The van der Waals surface area contributed by atoms with Crippen molar-refractivity contribution in [1.29, 1.82) is 0 Å². The van der Waals surface area contributed by atoms with Crippen molar-refractivity contribution < 1.29 is 0 Å². The normalized spacial score (nSPS) is 11.1. The second-order valence-corrected chi connectivity index (χ2v) is 7.10. The number of rotatable bonds is 3. The molecule has 26 heavy (non-hydrogen) atoms. The molecular weight excluding hydrogens is 367 g/mol. The van der Waals surface area contributed by atoms with E-state index in [-0.39, 0.29) is 0 Å². The Morgan fingerprint density at radius 3 is 2.31 bits per heavy atom. The summed E-state index contributed by atoms with van der Waals surface area (Å²) in [5.74, 6) is 0.796. The van der Waals surface area contributed by atoms with Crippen LogP contribution in [0.25, 0.3) is 16.8 Å². The largest absolute Gasteiger partial charge is 0.340 e. The Balaban J connectivity index is 1.82. The number of nitrogens with one attached hydrogen (secondary N) is 1. The van der Waals surface area contributed by atoms with Gasteiger partial charge in [0.2, 0.25) is 0 Å². The van der Waals surface area contributed by atoms with Crippen molar-refractivity contribution in [3.8, 4) is 11.1 Å². The average Bonchev–Trinajstić information content (AvgIpc) is 2.98. The molecule has 4 aromatic rings. The highest BCUT2D eigenvalue weighted by Crippen LogP contribution is 2.29. The molecule has 2 aromatic carbocycles. The number of aromatic nitrogens is 3. The summed E-state index contributed by atoms with van der Waals surface area (Å²) in [4.78, 5) is 4.68. The third-order valence-electron chi connectivity index (χ3n) is 4.10. The van der Waals surface area contributed by atoms with Gasteiger partial charge in [0.25, 0.3) is 0 Å². The van der Waals surface area contributed by atoms with Crippen molar-refractivity contribution in [2.24, 2.45) is 0 Å². The lowest BCUT2D eigenvalue weighted by Crippen LogP contribution is -2.02. The number of anilines is 2. The van der Waals surface area contributed by atoms with Gasteiger partial charge in [-0.3, -0.25) is 0 Å². The molecule has 0 unspecified atom stereocenters. The van der Waals surface area contributed by atoms with E-state index in [0.717, 1.165) is 34.0 Å². The minimum absolute atomic E-state index is 0.572. The highest BCUT2D eigenvalue weighted by atomic mass is 35.5. The first-order valence-corrected chi connectivity index (χ1v) is 8.91. The molecule has 0 aliphatic rings. The van der Waals surface area contributed by atoms with Crippen molar-refractivity contribution in [3.05, 3.63) is 76.0 Å². The molecule has 2 aromatic heterocycles. The smallest absolute Gasteiger partial charge is 0.165 e. The predicted molar refractivity (Wildman–Crippen MR) is 108 cm³/mol. The first-order valence-electron chi connectivity index (χ1n) is 8.15. The number of aryl methyl sites for hydroxylation is 2. The van der Waals surface area contributed by atoms with Gasteiger partial charge in [0.05, 0.1) is 6.20 Å². The lowest BCUT2D eigenvalue weighted by atomic mass is 10.1. The van der Waals surface area contributed by atoms with Crippen molar-refractivity contribution in [1.82, 2.24) is 14.6 Å². The molecule has 0 aliphatic heterocycles. The van der Waals surface area contributed by atoms with Gasteiger partial charge in [-0.05, 0) is 37.6 Å². The maximum Gasteiger partial charge on any atom is 0.165 e. The maximum atomic E-state index is 6.10. The maximum absolute atomic E-state index is 6.10. The molecule has 0 aliphatic carbocycles. The summed E-state index contributed by atoms with van der Waals surface area (Å²) in [7, 11) is 0. The van der Waals surface area contributed by atoms with Crippen LogP contribution in [0.4, 0.5) is 11.5 Å². The zero-order valence-electron chi connectivity index (χ0n) is 14.3. The van der Waals surface area contributed by atoms with E-state index in [9.17, 15) is 0 Å².